The molecule has 2 N–H and O–H groups in total. The number of carbonyl (C=O) groups excluding carboxylic acids is 1. The van der Waals surface area contributed by atoms with Crippen LogP contribution in [0.1, 0.15) is 57.8 Å². The first kappa shape index (κ1) is 20.1. The van der Waals surface area contributed by atoms with Crippen LogP contribution in [0.5, 0.6) is 0 Å². The van der Waals surface area contributed by atoms with E-state index in [1.807, 2.05) is 0 Å². The lowest BCUT2D eigenvalue weighted by atomic mass is 9.79. The molecule has 0 aromatic carbocycles. The maximum absolute atomic E-state index is 12.7. The van der Waals surface area contributed by atoms with Crippen LogP contribution in [0.15, 0.2) is 0 Å². The van der Waals surface area contributed by atoms with Crippen LogP contribution in [0.25, 0.3) is 0 Å². The van der Waals surface area contributed by atoms with Crippen LogP contribution < -0.4 is 5.32 Å². The van der Waals surface area contributed by atoms with Crippen LogP contribution in [0.4, 0.5) is 0 Å². The number of carbonyl (C=O) groups is 1. The predicted molar refractivity (Wildman–Crippen MR) is 102 cm³/mol. The van der Waals surface area contributed by atoms with Gasteiger partial charge in [-0.2, -0.15) is 0 Å². The number of nitrogens with one attached hydrogen (secondary N) is 1. The second kappa shape index (κ2) is 10.0. The van der Waals surface area contributed by atoms with E-state index in [2.05, 4.69) is 15.1 Å². The summed E-state index contributed by atoms with van der Waals surface area (Å²) in [6.07, 6.45) is 10.5. The fourth-order valence-corrected chi connectivity index (χ4v) is 5.10. The minimum atomic E-state index is 0.129. The normalized spacial score (nSPS) is 28.0. The van der Waals surface area contributed by atoms with Gasteiger partial charge >= 0.3 is 0 Å². The highest BCUT2D eigenvalue weighted by atomic mass is 16.5. The number of morpholine rings is 1. The van der Waals surface area contributed by atoms with Crippen molar-refractivity contribution in [3.05, 3.63) is 0 Å². The zero-order valence-corrected chi connectivity index (χ0v) is 16.3. The van der Waals surface area contributed by atoms with Crippen LogP contribution in [-0.2, 0) is 9.53 Å². The standard InChI is InChI=1S/C20H37N3O3/c24-13-7-18-6-2-5-10-22(18)16-19(25)21-17-20(8-3-1-4-9-20)23-11-14-26-15-12-23/h18,24H,1-17H2,(H,21,25). The van der Waals surface area contributed by atoms with Gasteiger partial charge in [-0.25, -0.2) is 0 Å². The van der Waals surface area contributed by atoms with E-state index in [-0.39, 0.29) is 18.1 Å². The summed E-state index contributed by atoms with van der Waals surface area (Å²) in [6.45, 7) is 6.03. The third-order valence-electron chi connectivity index (χ3n) is 6.64. The predicted octanol–water partition coefficient (Wildman–Crippen LogP) is 1.37. The van der Waals surface area contributed by atoms with E-state index in [1.165, 1.54) is 38.5 Å². The number of rotatable bonds is 7. The number of aliphatic hydroxyl groups is 1. The van der Waals surface area contributed by atoms with Crippen LogP contribution in [0.2, 0.25) is 0 Å². The lowest BCUT2D eigenvalue weighted by molar-refractivity contribution is -0.124. The van der Waals surface area contributed by atoms with Crippen LogP contribution in [0.3, 0.4) is 0 Å². The van der Waals surface area contributed by atoms with Gasteiger partial charge < -0.3 is 15.2 Å². The molecule has 3 rings (SSSR count). The summed E-state index contributed by atoms with van der Waals surface area (Å²) < 4.78 is 5.54. The quantitative estimate of drug-likeness (QED) is 0.712. The van der Waals surface area contributed by atoms with E-state index in [9.17, 15) is 9.90 Å². The number of nitrogens with zero attached hydrogens (tertiary/aromatic N) is 2. The van der Waals surface area contributed by atoms with Gasteiger partial charge in [-0.3, -0.25) is 14.6 Å². The molecule has 6 nitrogen and oxygen atoms in total. The molecular formula is C20H37N3O3. The van der Waals surface area contributed by atoms with Crippen LogP contribution >= 0.6 is 0 Å². The van der Waals surface area contributed by atoms with Gasteiger partial charge in [-0.1, -0.05) is 25.7 Å². The monoisotopic (exact) mass is 367 g/mol. The van der Waals surface area contributed by atoms with Crippen molar-refractivity contribution in [1.29, 1.82) is 0 Å². The van der Waals surface area contributed by atoms with Gasteiger partial charge in [-0.15, -0.1) is 0 Å². The highest BCUT2D eigenvalue weighted by Gasteiger charge is 2.39. The summed E-state index contributed by atoms with van der Waals surface area (Å²) in [5, 5.41) is 12.6. The van der Waals surface area contributed by atoms with E-state index >= 15 is 0 Å². The molecule has 0 bridgehead atoms. The fraction of sp³-hybridized carbons (Fsp3) is 0.950. The molecule has 150 valence electrons. The lowest BCUT2D eigenvalue weighted by Crippen LogP contribution is -2.60. The number of ether oxygens (including phenoxy) is 1. The first-order valence-electron chi connectivity index (χ1n) is 10.7. The molecule has 1 atom stereocenters. The Balaban J connectivity index is 1.53. The third-order valence-corrected chi connectivity index (χ3v) is 6.64. The highest BCUT2D eigenvalue weighted by Crippen LogP contribution is 2.33. The Bertz CT molecular complexity index is 432. The Kier molecular flexibility index (Phi) is 7.73. The molecule has 0 aromatic heterocycles. The smallest absolute Gasteiger partial charge is 0.234 e. The van der Waals surface area contributed by atoms with E-state index in [0.717, 1.165) is 58.7 Å². The molecule has 1 saturated carbocycles. The number of piperidine rings is 1. The van der Waals surface area contributed by atoms with Gasteiger partial charge in [0.1, 0.15) is 0 Å². The van der Waals surface area contributed by atoms with Gasteiger partial charge in [0.2, 0.25) is 5.91 Å². The maximum Gasteiger partial charge on any atom is 0.234 e. The first-order chi connectivity index (χ1) is 12.7. The lowest BCUT2D eigenvalue weighted by Gasteiger charge is -2.48. The number of hydrogen-bond acceptors (Lipinski definition) is 5. The van der Waals surface area contributed by atoms with E-state index in [4.69, 9.17) is 4.74 Å². The molecule has 26 heavy (non-hydrogen) atoms. The molecule has 2 aliphatic heterocycles. The van der Waals surface area contributed by atoms with Gasteiger partial charge in [0, 0.05) is 37.8 Å². The number of likely N-dealkylation sites (tertiary alicyclic amines) is 1. The Morgan fingerprint density at radius 2 is 1.85 bits per heavy atom. The van der Waals surface area contributed by atoms with Crippen molar-refractivity contribution in [2.45, 2.75) is 69.4 Å². The molecule has 1 unspecified atom stereocenters. The summed E-state index contributed by atoms with van der Waals surface area (Å²) >= 11 is 0. The summed E-state index contributed by atoms with van der Waals surface area (Å²) in [4.78, 5) is 17.5. The van der Waals surface area contributed by atoms with Crippen molar-refractivity contribution >= 4 is 5.91 Å². The molecule has 0 aromatic rings. The second-order valence-corrected chi connectivity index (χ2v) is 8.29. The summed E-state index contributed by atoms with van der Waals surface area (Å²) in [5.74, 6) is 0.146. The van der Waals surface area contributed by atoms with Crippen molar-refractivity contribution in [2.75, 3.05) is 52.5 Å². The number of aliphatic hydroxyl groups excluding tert-OH is 1. The molecule has 2 saturated heterocycles. The van der Waals surface area contributed by atoms with Gasteiger partial charge in [0.25, 0.3) is 0 Å². The topological polar surface area (TPSA) is 65.0 Å². The zero-order chi connectivity index (χ0) is 18.2. The Hall–Kier alpha value is -0.690. The molecule has 3 aliphatic rings. The van der Waals surface area contributed by atoms with Crippen molar-refractivity contribution in [2.24, 2.45) is 0 Å². The Morgan fingerprint density at radius 3 is 2.58 bits per heavy atom. The third kappa shape index (κ3) is 5.18. The average molecular weight is 368 g/mol. The highest BCUT2D eigenvalue weighted by molar-refractivity contribution is 5.78. The zero-order valence-electron chi connectivity index (χ0n) is 16.3. The van der Waals surface area contributed by atoms with Gasteiger partial charge in [0.15, 0.2) is 0 Å². The Morgan fingerprint density at radius 1 is 1.08 bits per heavy atom. The number of hydrogen-bond donors (Lipinski definition) is 2. The molecule has 1 aliphatic carbocycles. The molecule has 0 radical (unpaired) electrons. The number of amides is 1. The minimum absolute atomic E-state index is 0.129. The van der Waals surface area contributed by atoms with Crippen molar-refractivity contribution in [1.82, 2.24) is 15.1 Å². The Labute approximate surface area is 158 Å². The largest absolute Gasteiger partial charge is 0.396 e. The molecule has 3 fully saturated rings. The van der Waals surface area contributed by atoms with Crippen molar-refractivity contribution in [3.8, 4) is 0 Å². The fourth-order valence-electron chi connectivity index (χ4n) is 5.10. The SMILES string of the molecule is O=C(CN1CCCCC1CCO)NCC1(N2CCOCC2)CCCCC1. The van der Waals surface area contributed by atoms with Crippen molar-refractivity contribution in [3.63, 3.8) is 0 Å². The minimum Gasteiger partial charge on any atom is -0.396 e. The molecule has 6 heteroatoms. The summed E-state index contributed by atoms with van der Waals surface area (Å²) in [6, 6.07) is 0.363. The van der Waals surface area contributed by atoms with E-state index in [1.54, 1.807) is 0 Å². The average Bonchev–Trinajstić information content (AvgIpc) is 2.70. The summed E-state index contributed by atoms with van der Waals surface area (Å²) in [5.41, 5.74) is 0.129. The van der Waals surface area contributed by atoms with Crippen molar-refractivity contribution < 1.29 is 14.6 Å². The summed E-state index contributed by atoms with van der Waals surface area (Å²) in [7, 11) is 0. The van der Waals surface area contributed by atoms with Crippen LogP contribution in [-0.4, -0.2) is 84.9 Å². The van der Waals surface area contributed by atoms with E-state index in [0.29, 0.717) is 12.6 Å². The molecule has 1 amide bonds. The van der Waals surface area contributed by atoms with E-state index < -0.39 is 0 Å². The maximum atomic E-state index is 12.7. The molecule has 0 spiro atoms. The second-order valence-electron chi connectivity index (χ2n) is 8.29. The molecular weight excluding hydrogens is 330 g/mol. The van der Waals surface area contributed by atoms with Gasteiger partial charge in [-0.05, 0) is 38.6 Å². The molecule has 2 heterocycles. The van der Waals surface area contributed by atoms with Crippen LogP contribution in [0, 0.1) is 0 Å². The first-order valence-corrected chi connectivity index (χ1v) is 10.7. The van der Waals surface area contributed by atoms with Gasteiger partial charge in [0.05, 0.1) is 19.8 Å².